The average molecular weight is 326 g/mol. The number of carbonyl (C=O) groups excluding carboxylic acids is 2. The lowest BCUT2D eigenvalue weighted by Crippen LogP contribution is -2.41. The number of carbonyl (C=O) groups is 3. The summed E-state index contributed by atoms with van der Waals surface area (Å²) >= 11 is 0. The second-order valence-electron chi connectivity index (χ2n) is 6.24. The third kappa shape index (κ3) is 9.92. The molecule has 1 aliphatic rings. The monoisotopic (exact) mass is 326 g/mol. The van der Waals surface area contributed by atoms with E-state index < -0.39 is 5.97 Å². The zero-order chi connectivity index (χ0) is 16.9. The molecule has 6 nitrogen and oxygen atoms in total. The number of nitrogens with zero attached hydrogens (tertiary/aromatic N) is 1. The van der Waals surface area contributed by atoms with Crippen LogP contribution < -0.4 is 5.32 Å². The van der Waals surface area contributed by atoms with Gasteiger partial charge in [-0.05, 0) is 25.7 Å². The van der Waals surface area contributed by atoms with Crippen molar-refractivity contribution in [2.24, 2.45) is 0 Å². The van der Waals surface area contributed by atoms with E-state index in [2.05, 4.69) is 5.32 Å². The minimum Gasteiger partial charge on any atom is -0.481 e. The summed E-state index contributed by atoms with van der Waals surface area (Å²) in [5.41, 5.74) is 0. The van der Waals surface area contributed by atoms with Gasteiger partial charge in [-0.2, -0.15) is 0 Å². The maximum absolute atomic E-state index is 11.9. The lowest BCUT2D eigenvalue weighted by atomic mass is 10.1. The van der Waals surface area contributed by atoms with E-state index in [4.69, 9.17) is 5.11 Å². The van der Waals surface area contributed by atoms with Crippen LogP contribution in [0.25, 0.3) is 0 Å². The Balaban J connectivity index is 2.04. The molecule has 0 atom stereocenters. The van der Waals surface area contributed by atoms with E-state index in [1.54, 1.807) is 4.90 Å². The first-order valence-corrected chi connectivity index (χ1v) is 8.86. The number of aliphatic carboxylic acids is 1. The summed E-state index contributed by atoms with van der Waals surface area (Å²) in [5.74, 6) is -0.723. The molecule has 6 heteroatoms. The number of hydrogen-bond acceptors (Lipinski definition) is 3. The fourth-order valence-electron chi connectivity index (χ4n) is 2.77. The van der Waals surface area contributed by atoms with Gasteiger partial charge < -0.3 is 15.3 Å². The van der Waals surface area contributed by atoms with Crippen molar-refractivity contribution in [3.8, 4) is 0 Å². The summed E-state index contributed by atoms with van der Waals surface area (Å²) in [6.45, 7) is 1.49. The van der Waals surface area contributed by atoms with Gasteiger partial charge in [0.25, 0.3) is 0 Å². The smallest absolute Gasteiger partial charge is 0.303 e. The molecule has 2 N–H and O–H groups in total. The van der Waals surface area contributed by atoms with Crippen molar-refractivity contribution < 1.29 is 19.5 Å². The lowest BCUT2D eigenvalue weighted by molar-refractivity contribution is -0.137. The SMILES string of the molecule is O=C(O)CCCCCCCNC(=O)CN1CCCCCCC1=O. The van der Waals surface area contributed by atoms with Crippen molar-refractivity contribution in [3.05, 3.63) is 0 Å². The Morgan fingerprint density at radius 2 is 1.70 bits per heavy atom. The van der Waals surface area contributed by atoms with Crippen molar-refractivity contribution >= 4 is 17.8 Å². The average Bonchev–Trinajstić information content (AvgIpc) is 2.49. The molecule has 0 saturated carbocycles. The maximum atomic E-state index is 11.9. The Morgan fingerprint density at radius 3 is 2.48 bits per heavy atom. The van der Waals surface area contributed by atoms with Gasteiger partial charge in [0.1, 0.15) is 0 Å². The van der Waals surface area contributed by atoms with E-state index in [9.17, 15) is 14.4 Å². The van der Waals surface area contributed by atoms with Crippen LogP contribution in [-0.2, 0) is 14.4 Å². The number of hydrogen-bond donors (Lipinski definition) is 2. The van der Waals surface area contributed by atoms with Crippen molar-refractivity contribution in [2.75, 3.05) is 19.6 Å². The van der Waals surface area contributed by atoms with Crippen molar-refractivity contribution in [2.45, 2.75) is 70.6 Å². The van der Waals surface area contributed by atoms with Crippen LogP contribution in [0.15, 0.2) is 0 Å². The summed E-state index contributed by atoms with van der Waals surface area (Å²) in [4.78, 5) is 35.9. The second kappa shape index (κ2) is 11.9. The predicted octanol–water partition coefficient (Wildman–Crippen LogP) is 2.32. The molecule has 0 aromatic rings. The maximum Gasteiger partial charge on any atom is 0.303 e. The molecule has 0 aromatic heterocycles. The van der Waals surface area contributed by atoms with Crippen LogP contribution in [-0.4, -0.2) is 47.4 Å². The van der Waals surface area contributed by atoms with Crippen LogP contribution in [0, 0.1) is 0 Å². The lowest BCUT2D eigenvalue weighted by Gasteiger charge is -2.24. The fraction of sp³-hybridized carbons (Fsp3) is 0.824. The molecular weight excluding hydrogens is 296 g/mol. The molecule has 1 heterocycles. The number of rotatable bonds is 10. The Morgan fingerprint density at radius 1 is 1.00 bits per heavy atom. The van der Waals surface area contributed by atoms with E-state index in [0.29, 0.717) is 19.5 Å². The molecule has 0 spiro atoms. The minimum absolute atomic E-state index is 0.0789. The highest BCUT2D eigenvalue weighted by molar-refractivity contribution is 5.84. The Labute approximate surface area is 138 Å². The van der Waals surface area contributed by atoms with Gasteiger partial charge in [0, 0.05) is 25.9 Å². The van der Waals surface area contributed by atoms with Crippen molar-refractivity contribution in [1.82, 2.24) is 10.2 Å². The van der Waals surface area contributed by atoms with Gasteiger partial charge in [-0.1, -0.05) is 32.1 Å². The summed E-state index contributed by atoms with van der Waals surface area (Å²) in [7, 11) is 0. The zero-order valence-electron chi connectivity index (χ0n) is 14.0. The predicted molar refractivity (Wildman–Crippen MR) is 88.0 cm³/mol. The first-order valence-electron chi connectivity index (χ1n) is 8.86. The van der Waals surface area contributed by atoms with E-state index in [1.807, 2.05) is 0 Å². The highest BCUT2D eigenvalue weighted by Crippen LogP contribution is 2.11. The van der Waals surface area contributed by atoms with Crippen molar-refractivity contribution in [1.29, 1.82) is 0 Å². The molecule has 0 aliphatic carbocycles. The van der Waals surface area contributed by atoms with Crippen molar-refractivity contribution in [3.63, 3.8) is 0 Å². The zero-order valence-corrected chi connectivity index (χ0v) is 14.0. The molecule has 132 valence electrons. The van der Waals surface area contributed by atoms with Gasteiger partial charge in [-0.15, -0.1) is 0 Å². The molecule has 1 rings (SSSR count). The third-order valence-corrected chi connectivity index (χ3v) is 4.15. The number of nitrogens with one attached hydrogen (secondary N) is 1. The summed E-state index contributed by atoms with van der Waals surface area (Å²) in [6, 6.07) is 0. The van der Waals surface area contributed by atoms with Gasteiger partial charge in [0.2, 0.25) is 11.8 Å². The van der Waals surface area contributed by atoms with Crippen LogP contribution in [0.5, 0.6) is 0 Å². The highest BCUT2D eigenvalue weighted by atomic mass is 16.4. The van der Waals surface area contributed by atoms with Crippen LogP contribution in [0.4, 0.5) is 0 Å². The fourth-order valence-corrected chi connectivity index (χ4v) is 2.77. The summed E-state index contributed by atoms with van der Waals surface area (Å²) in [5, 5.41) is 11.4. The molecule has 0 radical (unpaired) electrons. The van der Waals surface area contributed by atoms with E-state index in [1.165, 1.54) is 0 Å². The topological polar surface area (TPSA) is 86.7 Å². The van der Waals surface area contributed by atoms with Crippen LogP contribution >= 0.6 is 0 Å². The number of carboxylic acids is 1. The summed E-state index contributed by atoms with van der Waals surface area (Å²) in [6.07, 6.45) is 9.47. The van der Waals surface area contributed by atoms with Crippen LogP contribution in [0.1, 0.15) is 70.6 Å². The minimum atomic E-state index is -0.740. The molecule has 2 amide bonds. The van der Waals surface area contributed by atoms with Gasteiger partial charge in [0.05, 0.1) is 6.54 Å². The summed E-state index contributed by atoms with van der Waals surface area (Å²) < 4.78 is 0. The second-order valence-corrected chi connectivity index (χ2v) is 6.24. The molecule has 0 unspecified atom stereocenters. The molecule has 0 bridgehead atoms. The van der Waals surface area contributed by atoms with Crippen LogP contribution in [0.3, 0.4) is 0 Å². The standard InChI is InChI=1S/C17H30N2O4/c20-15(14-19-13-9-5-3-6-10-16(19)21)18-12-8-4-1-2-7-11-17(22)23/h1-14H2,(H,18,20)(H,22,23). The largest absolute Gasteiger partial charge is 0.481 e. The van der Waals surface area contributed by atoms with Gasteiger partial charge in [0.15, 0.2) is 0 Å². The third-order valence-electron chi connectivity index (χ3n) is 4.15. The number of likely N-dealkylation sites (tertiary alicyclic amines) is 1. The number of carboxylic acid groups (broad SMARTS) is 1. The van der Waals surface area contributed by atoms with Gasteiger partial charge in [-0.3, -0.25) is 14.4 Å². The van der Waals surface area contributed by atoms with E-state index >= 15 is 0 Å². The van der Waals surface area contributed by atoms with Gasteiger partial charge >= 0.3 is 5.97 Å². The van der Waals surface area contributed by atoms with E-state index in [0.717, 1.165) is 57.8 Å². The normalized spacial score (nSPS) is 15.8. The van der Waals surface area contributed by atoms with Crippen LogP contribution in [0.2, 0.25) is 0 Å². The first-order chi connectivity index (χ1) is 11.1. The Kier molecular flexibility index (Phi) is 10.1. The van der Waals surface area contributed by atoms with E-state index in [-0.39, 0.29) is 24.8 Å². The quantitative estimate of drug-likeness (QED) is 0.603. The molecule has 1 saturated heterocycles. The Hall–Kier alpha value is -1.59. The molecule has 1 aliphatic heterocycles. The molecule has 0 aromatic carbocycles. The van der Waals surface area contributed by atoms with Gasteiger partial charge in [-0.25, -0.2) is 0 Å². The Bertz CT molecular complexity index is 385. The number of unbranched alkanes of at least 4 members (excludes halogenated alkanes) is 4. The molecule has 23 heavy (non-hydrogen) atoms. The molecular formula is C17H30N2O4. The first kappa shape index (κ1) is 19.5. The molecule has 1 fully saturated rings. The number of amides is 2. The highest BCUT2D eigenvalue weighted by Gasteiger charge is 2.17.